The maximum atomic E-state index is 10.7. The summed E-state index contributed by atoms with van der Waals surface area (Å²) in [5.41, 5.74) is 0. The Labute approximate surface area is 95.8 Å². The Morgan fingerprint density at radius 1 is 1.87 bits per heavy atom. The highest BCUT2D eigenvalue weighted by Gasteiger charge is 2.29. The highest BCUT2D eigenvalue weighted by Crippen LogP contribution is 2.20. The van der Waals surface area contributed by atoms with Gasteiger partial charge in [0.15, 0.2) is 0 Å². The summed E-state index contributed by atoms with van der Waals surface area (Å²) in [7, 11) is 0. The predicted molar refractivity (Wildman–Crippen MR) is 58.0 cm³/mol. The van der Waals surface area contributed by atoms with Crippen LogP contribution in [0.3, 0.4) is 0 Å². The Morgan fingerprint density at radius 3 is 3.20 bits per heavy atom. The van der Waals surface area contributed by atoms with Gasteiger partial charge in [0.05, 0.1) is 23.1 Å². The predicted octanol–water partition coefficient (Wildman–Crippen LogP) is 0.652. The van der Waals surface area contributed by atoms with Gasteiger partial charge in [-0.2, -0.15) is 5.10 Å². The number of carbonyl (C=O) groups is 1. The summed E-state index contributed by atoms with van der Waals surface area (Å²) in [5.74, 6) is -0.210. The lowest BCUT2D eigenvalue weighted by atomic mass is 10.3. The molecular formula is C8H10ClN3O2S. The van der Waals surface area contributed by atoms with Gasteiger partial charge in [-0.25, -0.2) is 0 Å². The number of carboxylic acids is 1. The van der Waals surface area contributed by atoms with Crippen molar-refractivity contribution < 1.29 is 9.90 Å². The number of hydrogen-bond acceptors (Lipinski definition) is 4. The van der Waals surface area contributed by atoms with Crippen LogP contribution < -0.4 is 5.32 Å². The van der Waals surface area contributed by atoms with Gasteiger partial charge in [0.25, 0.3) is 0 Å². The molecule has 2 N–H and O–H groups in total. The third-order valence-corrected chi connectivity index (χ3v) is 3.51. The molecule has 82 valence electrons. The van der Waals surface area contributed by atoms with Crippen LogP contribution in [0.15, 0.2) is 12.4 Å². The topological polar surface area (TPSA) is 67.1 Å². The van der Waals surface area contributed by atoms with Crippen molar-refractivity contribution in [2.75, 3.05) is 5.75 Å². The molecule has 1 aromatic rings. The fraction of sp³-hybridized carbons (Fsp3) is 0.500. The van der Waals surface area contributed by atoms with Crippen molar-refractivity contribution in [1.29, 1.82) is 0 Å². The highest BCUT2D eigenvalue weighted by atomic mass is 35.5. The molecular weight excluding hydrogens is 238 g/mol. The molecule has 0 unspecified atom stereocenters. The molecule has 1 aliphatic heterocycles. The first-order valence-electron chi connectivity index (χ1n) is 4.43. The standard InChI is InChI=1S/C8H10ClN3O2S/c9-5-1-10-12(2-5)3-7-11-6(4-15-7)8(13)14/h1-2,6-7,11H,3-4H2,(H,13,14)/t6-,7+/m1/s1. The van der Waals surface area contributed by atoms with Crippen LogP contribution in [0, 0.1) is 0 Å². The molecule has 1 aliphatic rings. The molecule has 1 aromatic heterocycles. The lowest BCUT2D eigenvalue weighted by Crippen LogP contribution is -2.38. The van der Waals surface area contributed by atoms with Crippen LogP contribution in [0.2, 0.25) is 5.02 Å². The maximum Gasteiger partial charge on any atom is 0.321 e. The maximum absolute atomic E-state index is 10.7. The minimum Gasteiger partial charge on any atom is -0.480 e. The van der Waals surface area contributed by atoms with Crippen molar-refractivity contribution in [2.24, 2.45) is 0 Å². The minimum atomic E-state index is -0.802. The van der Waals surface area contributed by atoms with Crippen LogP contribution in [-0.4, -0.2) is 38.0 Å². The van der Waals surface area contributed by atoms with E-state index in [0.29, 0.717) is 17.3 Å². The third kappa shape index (κ3) is 2.64. The average molecular weight is 248 g/mol. The van der Waals surface area contributed by atoms with Crippen LogP contribution in [0.25, 0.3) is 0 Å². The minimum absolute atomic E-state index is 0.0852. The van der Waals surface area contributed by atoms with E-state index < -0.39 is 12.0 Å². The molecule has 0 aromatic carbocycles. The zero-order valence-electron chi connectivity index (χ0n) is 7.76. The molecule has 2 rings (SSSR count). The van der Waals surface area contributed by atoms with Crippen LogP contribution >= 0.6 is 23.4 Å². The molecule has 2 heterocycles. The molecule has 0 spiro atoms. The van der Waals surface area contributed by atoms with Crippen LogP contribution in [0.1, 0.15) is 0 Å². The van der Waals surface area contributed by atoms with Gasteiger partial charge < -0.3 is 5.11 Å². The van der Waals surface area contributed by atoms with Crippen molar-refractivity contribution >= 4 is 29.3 Å². The zero-order chi connectivity index (χ0) is 10.8. The smallest absolute Gasteiger partial charge is 0.321 e. The highest BCUT2D eigenvalue weighted by molar-refractivity contribution is 8.00. The fourth-order valence-corrected chi connectivity index (χ4v) is 2.73. The second-order valence-electron chi connectivity index (χ2n) is 3.26. The second kappa shape index (κ2) is 4.42. The normalized spacial score (nSPS) is 25.7. The van der Waals surface area contributed by atoms with Gasteiger partial charge >= 0.3 is 5.97 Å². The first-order valence-corrected chi connectivity index (χ1v) is 5.86. The Bertz CT molecular complexity index is 371. The molecule has 15 heavy (non-hydrogen) atoms. The molecule has 0 bridgehead atoms. The van der Waals surface area contributed by atoms with Gasteiger partial charge in [0.2, 0.25) is 0 Å². The van der Waals surface area contributed by atoms with Crippen LogP contribution in [-0.2, 0) is 11.3 Å². The number of hydrogen-bond donors (Lipinski definition) is 2. The van der Waals surface area contributed by atoms with Gasteiger partial charge in [-0.3, -0.25) is 14.8 Å². The monoisotopic (exact) mass is 247 g/mol. The molecule has 0 radical (unpaired) electrons. The van der Waals surface area contributed by atoms with Gasteiger partial charge in [-0.15, -0.1) is 11.8 Å². The Balaban J connectivity index is 1.90. The average Bonchev–Trinajstić information content (AvgIpc) is 2.76. The molecule has 0 aliphatic carbocycles. The van der Waals surface area contributed by atoms with E-state index in [9.17, 15) is 4.79 Å². The van der Waals surface area contributed by atoms with Gasteiger partial charge in [0, 0.05) is 11.9 Å². The number of carboxylic acid groups (broad SMARTS) is 1. The fourth-order valence-electron chi connectivity index (χ4n) is 1.39. The zero-order valence-corrected chi connectivity index (χ0v) is 9.33. The molecule has 1 fully saturated rings. The van der Waals surface area contributed by atoms with Crippen molar-refractivity contribution in [3.05, 3.63) is 17.4 Å². The number of halogens is 1. The first kappa shape index (κ1) is 10.8. The molecule has 0 saturated carbocycles. The van der Waals surface area contributed by atoms with E-state index in [1.54, 1.807) is 28.8 Å². The molecule has 7 heteroatoms. The Morgan fingerprint density at radius 2 is 2.67 bits per heavy atom. The van der Waals surface area contributed by atoms with E-state index in [4.69, 9.17) is 16.7 Å². The number of nitrogens with one attached hydrogen (secondary N) is 1. The summed E-state index contributed by atoms with van der Waals surface area (Å²) >= 11 is 7.31. The summed E-state index contributed by atoms with van der Waals surface area (Å²) in [5, 5.41) is 16.5. The van der Waals surface area contributed by atoms with Crippen molar-refractivity contribution in [1.82, 2.24) is 15.1 Å². The van der Waals surface area contributed by atoms with E-state index >= 15 is 0 Å². The Kier molecular flexibility index (Phi) is 3.18. The van der Waals surface area contributed by atoms with Crippen LogP contribution in [0.4, 0.5) is 0 Å². The summed E-state index contributed by atoms with van der Waals surface area (Å²) in [4.78, 5) is 10.7. The second-order valence-corrected chi connectivity index (χ2v) is 4.93. The largest absolute Gasteiger partial charge is 0.480 e. The van der Waals surface area contributed by atoms with Crippen LogP contribution in [0.5, 0.6) is 0 Å². The van der Waals surface area contributed by atoms with E-state index in [1.165, 1.54) is 0 Å². The molecule has 2 atom stereocenters. The van der Waals surface area contributed by atoms with E-state index in [2.05, 4.69) is 10.4 Å². The summed E-state index contributed by atoms with van der Waals surface area (Å²) in [6, 6.07) is -0.453. The summed E-state index contributed by atoms with van der Waals surface area (Å²) in [6.45, 7) is 0.626. The lowest BCUT2D eigenvalue weighted by molar-refractivity contribution is -0.138. The van der Waals surface area contributed by atoms with E-state index in [0.717, 1.165) is 0 Å². The lowest BCUT2D eigenvalue weighted by Gasteiger charge is -2.10. The number of nitrogens with zero attached hydrogens (tertiary/aromatic N) is 2. The number of aliphatic carboxylic acids is 1. The van der Waals surface area contributed by atoms with Crippen molar-refractivity contribution in [3.8, 4) is 0 Å². The number of rotatable bonds is 3. The Hall–Kier alpha value is -0.720. The summed E-state index contributed by atoms with van der Waals surface area (Å²) in [6.07, 6.45) is 3.29. The van der Waals surface area contributed by atoms with E-state index in [1.807, 2.05) is 0 Å². The first-order chi connectivity index (χ1) is 7.15. The summed E-state index contributed by atoms with van der Waals surface area (Å²) < 4.78 is 1.71. The third-order valence-electron chi connectivity index (χ3n) is 2.10. The quantitative estimate of drug-likeness (QED) is 0.821. The SMILES string of the molecule is O=C(O)[C@H]1CS[C@@H](Cn2cc(Cl)cn2)N1. The number of aromatic nitrogens is 2. The van der Waals surface area contributed by atoms with Crippen molar-refractivity contribution in [2.45, 2.75) is 18.0 Å². The van der Waals surface area contributed by atoms with Gasteiger partial charge in [-0.05, 0) is 0 Å². The van der Waals surface area contributed by atoms with Crippen molar-refractivity contribution in [3.63, 3.8) is 0 Å². The number of thioether (sulfide) groups is 1. The molecule has 5 nitrogen and oxygen atoms in total. The van der Waals surface area contributed by atoms with Gasteiger partial charge in [-0.1, -0.05) is 11.6 Å². The molecule has 0 amide bonds. The molecule has 1 saturated heterocycles. The van der Waals surface area contributed by atoms with Gasteiger partial charge in [0.1, 0.15) is 6.04 Å². The van der Waals surface area contributed by atoms with E-state index in [-0.39, 0.29) is 5.37 Å².